The van der Waals surface area contributed by atoms with Crippen molar-refractivity contribution in [2.45, 2.75) is 23.5 Å². The molecule has 0 saturated heterocycles. The first-order valence-corrected chi connectivity index (χ1v) is 9.54. The number of ketones is 1. The van der Waals surface area contributed by atoms with E-state index < -0.39 is 29.4 Å². The van der Waals surface area contributed by atoms with Gasteiger partial charge in [-0.25, -0.2) is 4.39 Å². The van der Waals surface area contributed by atoms with Crippen LogP contribution in [-0.2, 0) is 19.1 Å². The summed E-state index contributed by atoms with van der Waals surface area (Å²) in [5.41, 5.74) is 0.634. The number of thioether (sulfide) groups is 1. The second-order valence-electron chi connectivity index (χ2n) is 6.26. The Morgan fingerprint density at radius 3 is 2.69 bits per heavy atom. The zero-order valence-corrected chi connectivity index (χ0v) is 16.2. The molecule has 29 heavy (non-hydrogen) atoms. The third-order valence-corrected chi connectivity index (χ3v) is 5.29. The van der Waals surface area contributed by atoms with Crippen LogP contribution >= 0.6 is 11.8 Å². The lowest BCUT2D eigenvalue weighted by Gasteiger charge is -2.23. The number of benzene rings is 2. The fourth-order valence-electron chi connectivity index (χ4n) is 2.68. The number of para-hydroxylation sites is 1. The highest BCUT2D eigenvalue weighted by atomic mass is 32.2. The van der Waals surface area contributed by atoms with Crippen molar-refractivity contribution in [3.8, 4) is 0 Å². The summed E-state index contributed by atoms with van der Waals surface area (Å²) in [6.45, 7) is 0.630. The number of hydrogen-bond donors (Lipinski definition) is 2. The number of fused-ring (bicyclic) bond motifs is 1. The molecule has 2 aromatic carbocycles. The second kappa shape index (κ2) is 8.87. The van der Waals surface area contributed by atoms with Gasteiger partial charge in [0.2, 0.25) is 17.6 Å². The Morgan fingerprint density at radius 1 is 1.21 bits per heavy atom. The monoisotopic (exact) mass is 416 g/mol. The highest BCUT2D eigenvalue weighted by molar-refractivity contribution is 8.01. The van der Waals surface area contributed by atoms with E-state index in [1.165, 1.54) is 30.8 Å². The fraction of sp³-hybridized carbons (Fsp3) is 0.200. The molecular formula is C20H17FN2O5S. The Bertz CT molecular complexity index is 995. The van der Waals surface area contributed by atoms with Gasteiger partial charge in [-0.15, -0.1) is 11.8 Å². The van der Waals surface area contributed by atoms with Crippen molar-refractivity contribution >= 4 is 46.7 Å². The maximum atomic E-state index is 14.1. The SMILES string of the molecule is CC(=O)Nc1ccc(C(=O)COC(=O)C[C@@H]2Sc3ccccc3NC2=O)c(F)c1. The van der Waals surface area contributed by atoms with E-state index in [-0.39, 0.29) is 29.5 Å². The van der Waals surface area contributed by atoms with Crippen molar-refractivity contribution in [2.24, 2.45) is 0 Å². The molecule has 150 valence electrons. The van der Waals surface area contributed by atoms with Crippen molar-refractivity contribution in [3.63, 3.8) is 0 Å². The van der Waals surface area contributed by atoms with Crippen molar-refractivity contribution < 1.29 is 28.3 Å². The highest BCUT2D eigenvalue weighted by Crippen LogP contribution is 2.36. The van der Waals surface area contributed by atoms with Gasteiger partial charge in [0.1, 0.15) is 5.82 Å². The molecule has 2 N–H and O–H groups in total. The standard InChI is InChI=1S/C20H17FN2O5S/c1-11(24)22-12-6-7-13(14(21)8-12)16(25)10-28-19(26)9-18-20(27)23-15-4-2-3-5-17(15)29-18/h2-8,18H,9-10H2,1H3,(H,22,24)(H,23,27)/t18-/m0/s1. The van der Waals surface area contributed by atoms with Gasteiger partial charge >= 0.3 is 5.97 Å². The fourth-order valence-corrected chi connectivity index (χ4v) is 3.78. The molecule has 9 heteroatoms. The van der Waals surface area contributed by atoms with Crippen LogP contribution in [0.2, 0.25) is 0 Å². The van der Waals surface area contributed by atoms with Crippen LogP contribution in [0.25, 0.3) is 0 Å². The Labute approximate surface area is 170 Å². The van der Waals surface area contributed by atoms with E-state index >= 15 is 0 Å². The third kappa shape index (κ3) is 5.20. The molecule has 2 amide bonds. The first kappa shape index (κ1) is 20.5. The maximum absolute atomic E-state index is 14.1. The summed E-state index contributed by atoms with van der Waals surface area (Å²) < 4.78 is 19.0. The van der Waals surface area contributed by atoms with Crippen LogP contribution in [-0.4, -0.2) is 35.4 Å². The molecule has 0 spiro atoms. The molecule has 0 bridgehead atoms. The zero-order valence-electron chi connectivity index (χ0n) is 15.4. The largest absolute Gasteiger partial charge is 0.457 e. The molecule has 3 rings (SSSR count). The summed E-state index contributed by atoms with van der Waals surface area (Å²) >= 11 is 1.24. The summed E-state index contributed by atoms with van der Waals surface area (Å²) in [6, 6.07) is 10.8. The lowest BCUT2D eigenvalue weighted by molar-refractivity contribution is -0.143. The van der Waals surface area contributed by atoms with Crippen molar-refractivity contribution in [1.29, 1.82) is 0 Å². The van der Waals surface area contributed by atoms with Gasteiger partial charge in [0.15, 0.2) is 6.61 Å². The number of nitrogens with one attached hydrogen (secondary N) is 2. The number of esters is 1. The minimum atomic E-state index is -0.837. The minimum Gasteiger partial charge on any atom is -0.457 e. The maximum Gasteiger partial charge on any atom is 0.307 e. The molecule has 7 nitrogen and oxygen atoms in total. The average molecular weight is 416 g/mol. The summed E-state index contributed by atoms with van der Waals surface area (Å²) in [4.78, 5) is 48.1. The van der Waals surface area contributed by atoms with Crippen LogP contribution in [0.1, 0.15) is 23.7 Å². The van der Waals surface area contributed by atoms with E-state index in [0.717, 1.165) is 11.0 Å². The van der Waals surface area contributed by atoms with Gasteiger partial charge in [0, 0.05) is 17.5 Å². The lowest BCUT2D eigenvalue weighted by atomic mass is 10.1. The summed E-state index contributed by atoms with van der Waals surface area (Å²) in [7, 11) is 0. The van der Waals surface area contributed by atoms with E-state index in [9.17, 15) is 23.6 Å². The lowest BCUT2D eigenvalue weighted by Crippen LogP contribution is -2.31. The second-order valence-corrected chi connectivity index (χ2v) is 7.50. The van der Waals surface area contributed by atoms with Crippen LogP contribution in [0.3, 0.4) is 0 Å². The number of hydrogen-bond acceptors (Lipinski definition) is 6. The van der Waals surface area contributed by atoms with Crippen LogP contribution < -0.4 is 10.6 Å². The Balaban J connectivity index is 1.55. The Kier molecular flexibility index (Phi) is 6.28. The van der Waals surface area contributed by atoms with Gasteiger partial charge in [-0.1, -0.05) is 12.1 Å². The summed E-state index contributed by atoms with van der Waals surface area (Å²) in [5.74, 6) is -2.99. The third-order valence-electron chi connectivity index (χ3n) is 4.01. The van der Waals surface area contributed by atoms with Gasteiger partial charge in [-0.2, -0.15) is 0 Å². The number of halogens is 1. The first-order valence-electron chi connectivity index (χ1n) is 8.66. The number of anilines is 2. The average Bonchev–Trinajstić information content (AvgIpc) is 2.66. The molecule has 0 radical (unpaired) electrons. The summed E-state index contributed by atoms with van der Waals surface area (Å²) in [6.07, 6.45) is -0.220. The molecule has 2 aromatic rings. The van der Waals surface area contributed by atoms with Crippen LogP contribution in [0.5, 0.6) is 0 Å². The van der Waals surface area contributed by atoms with E-state index in [1.807, 2.05) is 12.1 Å². The quantitative estimate of drug-likeness (QED) is 0.555. The zero-order chi connectivity index (χ0) is 21.0. The number of carbonyl (C=O) groups excluding carboxylic acids is 4. The number of ether oxygens (including phenoxy) is 1. The van der Waals surface area contributed by atoms with E-state index in [1.54, 1.807) is 12.1 Å². The molecule has 1 aliphatic heterocycles. The normalized spacial score (nSPS) is 15.1. The van der Waals surface area contributed by atoms with Gasteiger partial charge in [0.25, 0.3) is 0 Å². The number of Topliss-reactive ketones (excluding diaryl/α,β-unsaturated/α-hetero) is 1. The molecule has 1 aliphatic rings. The molecule has 0 unspecified atom stereocenters. The predicted molar refractivity (Wildman–Crippen MR) is 105 cm³/mol. The van der Waals surface area contributed by atoms with Gasteiger partial charge in [-0.3, -0.25) is 19.2 Å². The molecule has 1 heterocycles. The van der Waals surface area contributed by atoms with Crippen molar-refractivity contribution in [2.75, 3.05) is 17.2 Å². The Morgan fingerprint density at radius 2 is 1.97 bits per heavy atom. The van der Waals surface area contributed by atoms with Crippen LogP contribution in [0.15, 0.2) is 47.4 Å². The molecule has 1 atom stereocenters. The van der Waals surface area contributed by atoms with Crippen molar-refractivity contribution in [3.05, 3.63) is 53.8 Å². The van der Waals surface area contributed by atoms with Gasteiger partial charge in [0.05, 0.1) is 22.9 Å². The van der Waals surface area contributed by atoms with Crippen LogP contribution in [0.4, 0.5) is 15.8 Å². The van der Waals surface area contributed by atoms with Crippen LogP contribution in [0, 0.1) is 5.82 Å². The summed E-state index contributed by atoms with van der Waals surface area (Å²) in [5, 5.41) is 4.44. The van der Waals surface area contributed by atoms with E-state index in [2.05, 4.69) is 10.6 Å². The molecule has 0 aromatic heterocycles. The minimum absolute atomic E-state index is 0.212. The van der Waals surface area contributed by atoms with E-state index in [0.29, 0.717) is 5.69 Å². The predicted octanol–water partition coefficient (Wildman–Crippen LogP) is 3.01. The Hall–Kier alpha value is -3.20. The molecule has 0 aliphatic carbocycles. The smallest absolute Gasteiger partial charge is 0.307 e. The molecule has 0 saturated carbocycles. The van der Waals surface area contributed by atoms with E-state index in [4.69, 9.17) is 4.74 Å². The number of carbonyl (C=O) groups is 4. The number of amides is 2. The molecule has 0 fully saturated rings. The molecular weight excluding hydrogens is 399 g/mol. The topological polar surface area (TPSA) is 102 Å². The highest BCUT2D eigenvalue weighted by Gasteiger charge is 2.29. The first-order chi connectivity index (χ1) is 13.8. The van der Waals surface area contributed by atoms with Crippen molar-refractivity contribution in [1.82, 2.24) is 0 Å². The number of rotatable bonds is 6. The van der Waals surface area contributed by atoms with Gasteiger partial charge in [-0.05, 0) is 30.3 Å². The van der Waals surface area contributed by atoms with Gasteiger partial charge < -0.3 is 15.4 Å².